The number of anilines is 1. The quantitative estimate of drug-likeness (QED) is 0.604. The van der Waals surface area contributed by atoms with Crippen molar-refractivity contribution in [2.75, 3.05) is 12.4 Å². The number of hydrogen-bond donors (Lipinski definition) is 2. The first-order valence-corrected chi connectivity index (χ1v) is 11.4. The fourth-order valence-electron chi connectivity index (χ4n) is 3.60. The molecule has 34 heavy (non-hydrogen) atoms. The van der Waals surface area contributed by atoms with Gasteiger partial charge in [0.15, 0.2) is 0 Å². The molecule has 0 aromatic heterocycles. The van der Waals surface area contributed by atoms with Gasteiger partial charge in [-0.25, -0.2) is 4.79 Å². The first kappa shape index (κ1) is 25.1. The molecule has 0 heterocycles. The number of hydrogen-bond acceptors (Lipinski definition) is 5. The van der Waals surface area contributed by atoms with Crippen LogP contribution in [-0.4, -0.2) is 47.6 Å². The molecule has 0 radical (unpaired) electrons. The van der Waals surface area contributed by atoms with Crippen LogP contribution in [0.4, 0.5) is 10.5 Å². The Bertz CT molecular complexity index is 997. The van der Waals surface area contributed by atoms with Gasteiger partial charge in [-0.2, -0.15) is 0 Å². The molecule has 2 atom stereocenters. The average Bonchev–Trinajstić information content (AvgIpc) is 3.61. The van der Waals surface area contributed by atoms with E-state index in [1.54, 1.807) is 64.0 Å². The third-order valence-electron chi connectivity index (χ3n) is 5.30. The number of ether oxygens (including phenoxy) is 2. The maximum atomic E-state index is 13.5. The molecule has 1 saturated carbocycles. The summed E-state index contributed by atoms with van der Waals surface area (Å²) in [6, 6.07) is 14.4. The summed E-state index contributed by atoms with van der Waals surface area (Å²) in [6.45, 7) is 6.87. The molecule has 2 N–H and O–H groups in total. The highest BCUT2D eigenvalue weighted by atomic mass is 16.6. The molecule has 1 aliphatic rings. The summed E-state index contributed by atoms with van der Waals surface area (Å²) in [5.74, 6) is 0.00242. The second-order valence-electron chi connectivity index (χ2n) is 9.38. The van der Waals surface area contributed by atoms with Gasteiger partial charge in [-0.3, -0.25) is 9.59 Å². The van der Waals surface area contributed by atoms with E-state index in [0.717, 1.165) is 12.8 Å². The number of amides is 3. The zero-order chi connectivity index (χ0) is 24.9. The molecule has 8 nitrogen and oxygen atoms in total. The van der Waals surface area contributed by atoms with Gasteiger partial charge in [0.1, 0.15) is 23.4 Å². The standard InChI is InChI=1S/C26H33N3O5/c1-17(27-25(32)34-26(2,3)4)24(31)29(20-13-14-20)22(18-9-7-6-8-10-18)23(30)28-19-11-15-21(33-5)16-12-19/h6-12,15-17,20,22H,13-14H2,1-5H3,(H,27,32)(H,28,30). The summed E-state index contributed by atoms with van der Waals surface area (Å²) in [7, 11) is 1.57. The minimum atomic E-state index is -0.865. The van der Waals surface area contributed by atoms with Crippen LogP contribution in [0.15, 0.2) is 54.6 Å². The van der Waals surface area contributed by atoms with E-state index in [2.05, 4.69) is 10.6 Å². The number of nitrogens with one attached hydrogen (secondary N) is 2. The van der Waals surface area contributed by atoms with Gasteiger partial charge in [-0.05, 0) is 70.4 Å². The van der Waals surface area contributed by atoms with Gasteiger partial charge in [-0.1, -0.05) is 30.3 Å². The molecule has 1 aliphatic carbocycles. The zero-order valence-electron chi connectivity index (χ0n) is 20.3. The fourth-order valence-corrected chi connectivity index (χ4v) is 3.60. The Balaban J connectivity index is 1.85. The van der Waals surface area contributed by atoms with Crippen LogP contribution < -0.4 is 15.4 Å². The van der Waals surface area contributed by atoms with Gasteiger partial charge >= 0.3 is 6.09 Å². The Morgan fingerprint density at radius 2 is 1.62 bits per heavy atom. The van der Waals surface area contributed by atoms with Crippen LogP contribution in [0.2, 0.25) is 0 Å². The van der Waals surface area contributed by atoms with Crippen molar-refractivity contribution in [2.24, 2.45) is 0 Å². The minimum absolute atomic E-state index is 0.0813. The Morgan fingerprint density at radius 3 is 2.15 bits per heavy atom. The molecule has 0 bridgehead atoms. The van der Waals surface area contributed by atoms with E-state index in [9.17, 15) is 14.4 Å². The van der Waals surface area contributed by atoms with Crippen LogP contribution in [0.25, 0.3) is 0 Å². The van der Waals surface area contributed by atoms with Crippen LogP contribution in [0.1, 0.15) is 52.1 Å². The second kappa shape index (κ2) is 10.6. The van der Waals surface area contributed by atoms with Crippen LogP contribution in [0.3, 0.4) is 0 Å². The van der Waals surface area contributed by atoms with Crippen molar-refractivity contribution in [3.8, 4) is 5.75 Å². The SMILES string of the molecule is COc1ccc(NC(=O)C(c2ccccc2)N(C(=O)C(C)NC(=O)OC(C)(C)C)C2CC2)cc1. The summed E-state index contributed by atoms with van der Waals surface area (Å²) in [6.07, 6.45) is 0.914. The molecule has 182 valence electrons. The van der Waals surface area contributed by atoms with Crippen molar-refractivity contribution in [3.05, 3.63) is 60.2 Å². The maximum Gasteiger partial charge on any atom is 0.408 e. The van der Waals surface area contributed by atoms with Crippen molar-refractivity contribution in [2.45, 2.75) is 64.3 Å². The predicted molar refractivity (Wildman–Crippen MR) is 130 cm³/mol. The highest BCUT2D eigenvalue weighted by Crippen LogP contribution is 2.36. The average molecular weight is 468 g/mol. The molecule has 2 aromatic rings. The molecule has 2 aromatic carbocycles. The zero-order valence-corrected chi connectivity index (χ0v) is 20.3. The topological polar surface area (TPSA) is 97.0 Å². The first-order valence-electron chi connectivity index (χ1n) is 11.4. The highest BCUT2D eigenvalue weighted by molar-refractivity contribution is 5.99. The summed E-state index contributed by atoms with van der Waals surface area (Å²) in [4.78, 5) is 40.9. The van der Waals surface area contributed by atoms with E-state index < -0.39 is 23.8 Å². The Morgan fingerprint density at radius 1 is 1.00 bits per heavy atom. The minimum Gasteiger partial charge on any atom is -0.497 e. The van der Waals surface area contributed by atoms with Gasteiger partial charge in [0.25, 0.3) is 5.91 Å². The van der Waals surface area contributed by atoms with E-state index in [1.807, 2.05) is 30.3 Å². The molecule has 8 heteroatoms. The van der Waals surface area contributed by atoms with Gasteiger partial charge in [0.05, 0.1) is 7.11 Å². The number of rotatable bonds is 8. The third kappa shape index (κ3) is 6.73. The van der Waals surface area contributed by atoms with E-state index >= 15 is 0 Å². The molecule has 3 amide bonds. The Hall–Kier alpha value is -3.55. The molecule has 2 unspecified atom stereocenters. The van der Waals surface area contributed by atoms with E-state index in [1.165, 1.54) is 0 Å². The predicted octanol–water partition coefficient (Wildman–Crippen LogP) is 4.28. The summed E-state index contributed by atoms with van der Waals surface area (Å²) in [5.41, 5.74) is 0.599. The number of alkyl carbamates (subject to hydrolysis) is 1. The van der Waals surface area contributed by atoms with Crippen LogP contribution >= 0.6 is 0 Å². The first-order chi connectivity index (χ1) is 16.1. The maximum absolute atomic E-state index is 13.5. The Kier molecular flexibility index (Phi) is 7.81. The largest absolute Gasteiger partial charge is 0.497 e. The normalized spacial score (nSPS) is 15.0. The molecule has 1 fully saturated rings. The molecular weight excluding hydrogens is 434 g/mol. The summed E-state index contributed by atoms with van der Waals surface area (Å²) < 4.78 is 10.5. The molecule has 3 rings (SSSR count). The van der Waals surface area contributed by atoms with E-state index in [4.69, 9.17) is 9.47 Å². The van der Waals surface area contributed by atoms with Crippen LogP contribution in [0.5, 0.6) is 5.75 Å². The highest BCUT2D eigenvalue weighted by Gasteiger charge is 2.43. The van der Waals surface area contributed by atoms with Crippen LogP contribution in [-0.2, 0) is 14.3 Å². The lowest BCUT2D eigenvalue weighted by atomic mass is 10.0. The lowest BCUT2D eigenvalue weighted by Gasteiger charge is -2.33. The molecule has 0 saturated heterocycles. The van der Waals surface area contributed by atoms with Crippen molar-refractivity contribution < 1.29 is 23.9 Å². The lowest BCUT2D eigenvalue weighted by Crippen LogP contribution is -2.52. The van der Waals surface area contributed by atoms with Gasteiger partial charge in [0, 0.05) is 11.7 Å². The van der Waals surface area contributed by atoms with Gasteiger partial charge in [0.2, 0.25) is 5.91 Å². The lowest BCUT2D eigenvalue weighted by molar-refractivity contribution is -0.141. The van der Waals surface area contributed by atoms with E-state index in [-0.39, 0.29) is 17.9 Å². The number of carbonyl (C=O) groups excluding carboxylic acids is 3. The van der Waals surface area contributed by atoms with E-state index in [0.29, 0.717) is 17.0 Å². The second-order valence-corrected chi connectivity index (χ2v) is 9.38. The Labute approximate surface area is 200 Å². The summed E-state index contributed by atoms with van der Waals surface area (Å²) in [5, 5.41) is 5.53. The number of carbonyl (C=O) groups is 3. The monoisotopic (exact) mass is 467 g/mol. The molecular formula is C26H33N3O5. The number of benzene rings is 2. The van der Waals surface area contributed by atoms with Gasteiger partial charge < -0.3 is 25.0 Å². The third-order valence-corrected chi connectivity index (χ3v) is 5.30. The van der Waals surface area contributed by atoms with Crippen molar-refractivity contribution in [3.63, 3.8) is 0 Å². The number of nitrogens with zero attached hydrogens (tertiary/aromatic N) is 1. The summed E-state index contributed by atoms with van der Waals surface area (Å²) >= 11 is 0. The smallest absolute Gasteiger partial charge is 0.408 e. The number of methoxy groups -OCH3 is 1. The molecule has 0 aliphatic heterocycles. The van der Waals surface area contributed by atoms with Crippen LogP contribution in [0, 0.1) is 0 Å². The van der Waals surface area contributed by atoms with Gasteiger partial charge in [-0.15, -0.1) is 0 Å². The fraction of sp³-hybridized carbons (Fsp3) is 0.423. The van der Waals surface area contributed by atoms with Crippen molar-refractivity contribution in [1.29, 1.82) is 0 Å². The van der Waals surface area contributed by atoms with Crippen molar-refractivity contribution >= 4 is 23.6 Å². The van der Waals surface area contributed by atoms with Crippen molar-refractivity contribution in [1.82, 2.24) is 10.2 Å². The molecule has 0 spiro atoms.